The maximum Gasteiger partial charge on any atom is 0.310 e. The number of esters is 1. The SMILES string of the molecule is COc1cc(CC(=O)OCC(=O)c2cc(C)n(-c3cccc(F)c3)c2C)cc(OC)c1OC. The van der Waals surface area contributed by atoms with Gasteiger partial charge in [0.05, 0.1) is 27.8 Å². The number of methoxy groups -OCH3 is 3. The maximum atomic E-state index is 13.6. The number of nitrogens with zero attached hydrogens (tertiary/aromatic N) is 1. The smallest absolute Gasteiger partial charge is 0.310 e. The van der Waals surface area contributed by atoms with Gasteiger partial charge in [-0.15, -0.1) is 0 Å². The number of rotatable bonds is 9. The first-order valence-electron chi connectivity index (χ1n) is 10.2. The monoisotopic (exact) mass is 455 g/mol. The normalized spacial score (nSPS) is 10.6. The van der Waals surface area contributed by atoms with Crippen molar-refractivity contribution in [3.63, 3.8) is 0 Å². The average molecular weight is 455 g/mol. The third-order valence-electron chi connectivity index (χ3n) is 5.24. The Morgan fingerprint density at radius 3 is 2.18 bits per heavy atom. The van der Waals surface area contributed by atoms with Crippen LogP contribution in [0.15, 0.2) is 42.5 Å². The van der Waals surface area contributed by atoms with Crippen molar-refractivity contribution in [2.45, 2.75) is 20.3 Å². The van der Waals surface area contributed by atoms with Crippen LogP contribution < -0.4 is 14.2 Å². The Morgan fingerprint density at radius 2 is 1.61 bits per heavy atom. The van der Waals surface area contributed by atoms with Crippen LogP contribution in [0.2, 0.25) is 0 Å². The van der Waals surface area contributed by atoms with E-state index < -0.39 is 12.6 Å². The molecule has 0 aliphatic heterocycles. The summed E-state index contributed by atoms with van der Waals surface area (Å²) >= 11 is 0. The van der Waals surface area contributed by atoms with Gasteiger partial charge in [-0.2, -0.15) is 0 Å². The highest BCUT2D eigenvalue weighted by Crippen LogP contribution is 2.38. The number of benzene rings is 2. The first-order valence-corrected chi connectivity index (χ1v) is 10.2. The van der Waals surface area contributed by atoms with Crippen LogP contribution in [0.1, 0.15) is 27.3 Å². The molecule has 0 bridgehead atoms. The van der Waals surface area contributed by atoms with Crippen molar-refractivity contribution in [2.75, 3.05) is 27.9 Å². The third kappa shape index (κ3) is 5.16. The number of hydrogen-bond acceptors (Lipinski definition) is 6. The minimum Gasteiger partial charge on any atom is -0.493 e. The van der Waals surface area contributed by atoms with E-state index in [4.69, 9.17) is 18.9 Å². The molecule has 2 aromatic carbocycles. The zero-order chi connectivity index (χ0) is 24.1. The van der Waals surface area contributed by atoms with E-state index in [1.807, 2.05) is 6.92 Å². The van der Waals surface area contributed by atoms with E-state index in [9.17, 15) is 14.0 Å². The second-order valence-corrected chi connectivity index (χ2v) is 7.39. The molecule has 0 amide bonds. The lowest BCUT2D eigenvalue weighted by Gasteiger charge is -2.14. The Hall–Kier alpha value is -3.81. The van der Waals surface area contributed by atoms with Crippen LogP contribution in [0.25, 0.3) is 5.69 Å². The van der Waals surface area contributed by atoms with Crippen molar-refractivity contribution in [3.8, 4) is 22.9 Å². The molecule has 33 heavy (non-hydrogen) atoms. The summed E-state index contributed by atoms with van der Waals surface area (Å²) in [6.07, 6.45) is -0.0771. The van der Waals surface area contributed by atoms with Crippen LogP contribution in [0.4, 0.5) is 4.39 Å². The largest absolute Gasteiger partial charge is 0.493 e. The lowest BCUT2D eigenvalue weighted by atomic mass is 10.1. The number of ketones is 1. The van der Waals surface area contributed by atoms with E-state index >= 15 is 0 Å². The third-order valence-corrected chi connectivity index (χ3v) is 5.24. The van der Waals surface area contributed by atoms with Crippen molar-refractivity contribution < 1.29 is 32.9 Å². The molecular weight excluding hydrogens is 429 g/mol. The Balaban J connectivity index is 1.71. The van der Waals surface area contributed by atoms with Gasteiger partial charge in [0, 0.05) is 22.6 Å². The summed E-state index contributed by atoms with van der Waals surface area (Å²) in [7, 11) is 4.46. The fourth-order valence-electron chi connectivity index (χ4n) is 3.74. The van der Waals surface area contributed by atoms with Crippen molar-refractivity contribution >= 4 is 11.8 Å². The minimum atomic E-state index is -0.573. The first-order chi connectivity index (χ1) is 15.8. The second kappa shape index (κ2) is 10.2. The van der Waals surface area contributed by atoms with Gasteiger partial charge >= 0.3 is 5.97 Å². The summed E-state index contributed by atoms with van der Waals surface area (Å²) in [6.45, 7) is 3.19. The van der Waals surface area contributed by atoms with Crippen molar-refractivity contribution in [1.29, 1.82) is 0 Å². The van der Waals surface area contributed by atoms with E-state index in [2.05, 4.69) is 0 Å². The standard InChI is InChI=1S/C25H26FNO6/c1-15-9-20(16(2)27(15)19-8-6-7-18(26)13-19)21(28)14-33-24(29)12-17-10-22(30-3)25(32-5)23(11-17)31-4/h6-11,13H,12,14H2,1-5H3. The zero-order valence-electron chi connectivity index (χ0n) is 19.2. The van der Waals surface area contributed by atoms with Crippen molar-refractivity contribution in [1.82, 2.24) is 4.57 Å². The Labute approximate surface area is 191 Å². The number of carbonyl (C=O) groups is 2. The summed E-state index contributed by atoms with van der Waals surface area (Å²) < 4.78 is 36.5. The Morgan fingerprint density at radius 1 is 0.939 bits per heavy atom. The number of Topliss-reactive ketones (excluding diaryl/α,β-unsaturated/α-hetero) is 1. The van der Waals surface area contributed by atoms with Crippen LogP contribution in [-0.4, -0.2) is 44.3 Å². The van der Waals surface area contributed by atoms with Crippen LogP contribution in [0, 0.1) is 19.7 Å². The predicted molar refractivity (Wildman–Crippen MR) is 120 cm³/mol. The summed E-state index contributed by atoms with van der Waals surface area (Å²) in [5.74, 6) is -0.0314. The molecule has 0 N–H and O–H groups in total. The van der Waals surface area contributed by atoms with Crippen LogP contribution in [0.5, 0.6) is 17.2 Å². The van der Waals surface area contributed by atoms with Gasteiger partial charge < -0.3 is 23.5 Å². The zero-order valence-corrected chi connectivity index (χ0v) is 19.2. The lowest BCUT2D eigenvalue weighted by Crippen LogP contribution is -2.16. The molecule has 0 radical (unpaired) electrons. The Bertz CT molecular complexity index is 1160. The second-order valence-electron chi connectivity index (χ2n) is 7.39. The number of hydrogen-bond donors (Lipinski definition) is 0. The average Bonchev–Trinajstić information content (AvgIpc) is 3.10. The summed E-state index contributed by atoms with van der Waals surface area (Å²) in [6, 6.07) is 11.1. The van der Waals surface area contributed by atoms with E-state index in [0.717, 1.165) is 5.69 Å². The molecule has 1 aromatic heterocycles. The summed E-state index contributed by atoms with van der Waals surface area (Å²) in [4.78, 5) is 25.1. The Kier molecular flexibility index (Phi) is 7.37. The predicted octanol–water partition coefficient (Wildman–Crippen LogP) is 4.23. The lowest BCUT2D eigenvalue weighted by molar-refractivity contribution is -0.141. The molecule has 174 valence electrons. The van der Waals surface area contributed by atoms with Gasteiger partial charge in [0.2, 0.25) is 11.5 Å². The van der Waals surface area contributed by atoms with Gasteiger partial charge in [-0.1, -0.05) is 6.07 Å². The molecule has 0 atom stereocenters. The molecular formula is C25H26FNO6. The molecule has 0 unspecified atom stereocenters. The molecule has 0 fully saturated rings. The maximum absolute atomic E-state index is 13.6. The molecule has 3 aromatic rings. The number of ether oxygens (including phenoxy) is 4. The fraction of sp³-hybridized carbons (Fsp3) is 0.280. The van der Waals surface area contributed by atoms with Gasteiger partial charge in [0.1, 0.15) is 5.82 Å². The van der Waals surface area contributed by atoms with E-state index in [1.165, 1.54) is 33.5 Å². The van der Waals surface area contributed by atoms with Crippen LogP contribution >= 0.6 is 0 Å². The highest BCUT2D eigenvalue weighted by atomic mass is 19.1. The van der Waals surface area contributed by atoms with Gasteiger partial charge in [0.15, 0.2) is 18.1 Å². The highest BCUT2D eigenvalue weighted by molar-refractivity contribution is 5.99. The van der Waals surface area contributed by atoms with Crippen molar-refractivity contribution in [3.05, 3.63) is 70.8 Å². The molecule has 0 saturated carbocycles. The minimum absolute atomic E-state index is 0.0771. The molecule has 0 aliphatic rings. The number of halogens is 1. The first kappa shape index (κ1) is 23.8. The molecule has 8 heteroatoms. The highest BCUT2D eigenvalue weighted by Gasteiger charge is 2.20. The van der Waals surface area contributed by atoms with Crippen molar-refractivity contribution in [2.24, 2.45) is 0 Å². The fourth-order valence-corrected chi connectivity index (χ4v) is 3.74. The molecule has 0 saturated heterocycles. The quantitative estimate of drug-likeness (QED) is 0.355. The molecule has 1 heterocycles. The molecule has 0 spiro atoms. The van der Waals surface area contributed by atoms with E-state index in [0.29, 0.717) is 39.8 Å². The van der Waals surface area contributed by atoms with Crippen LogP contribution in [-0.2, 0) is 16.0 Å². The van der Waals surface area contributed by atoms with Gasteiger partial charge in [0.25, 0.3) is 0 Å². The van der Waals surface area contributed by atoms with Crippen LogP contribution in [0.3, 0.4) is 0 Å². The number of aryl methyl sites for hydroxylation is 1. The van der Waals surface area contributed by atoms with E-state index in [1.54, 1.807) is 41.8 Å². The van der Waals surface area contributed by atoms with Gasteiger partial charge in [-0.3, -0.25) is 9.59 Å². The van der Waals surface area contributed by atoms with E-state index in [-0.39, 0.29) is 18.0 Å². The summed E-state index contributed by atoms with van der Waals surface area (Å²) in [5.41, 5.74) is 3.03. The molecule has 7 nitrogen and oxygen atoms in total. The summed E-state index contributed by atoms with van der Waals surface area (Å²) in [5, 5.41) is 0. The van der Waals surface area contributed by atoms with Gasteiger partial charge in [-0.05, 0) is 55.8 Å². The topological polar surface area (TPSA) is 76.0 Å². The number of carbonyl (C=O) groups excluding carboxylic acids is 2. The van der Waals surface area contributed by atoms with Gasteiger partial charge in [-0.25, -0.2) is 4.39 Å². The molecule has 3 rings (SSSR count). The number of aromatic nitrogens is 1. The molecule has 0 aliphatic carbocycles.